The molecule has 0 fully saturated rings. The van der Waals surface area contributed by atoms with Crippen LogP contribution in [0.2, 0.25) is 0 Å². The smallest absolute Gasteiger partial charge is 0.306 e. The molecule has 0 heterocycles. The second kappa shape index (κ2) is 52.8. The largest absolute Gasteiger partial charge is 0.462 e. The van der Waals surface area contributed by atoms with Gasteiger partial charge >= 0.3 is 17.9 Å². The number of hydrogen-bond donors (Lipinski definition) is 0. The van der Waals surface area contributed by atoms with Crippen molar-refractivity contribution in [3.63, 3.8) is 0 Å². The molecule has 0 amide bonds. The second-order valence-electron chi connectivity index (χ2n) is 21.6. The Balaban J connectivity index is 4.30. The third-order valence-corrected chi connectivity index (χ3v) is 13.7. The Bertz CT molecular complexity index is 1010. The first-order valence-corrected chi connectivity index (χ1v) is 29.7. The molecule has 0 bridgehead atoms. The van der Waals surface area contributed by atoms with Gasteiger partial charge in [-0.05, 0) is 31.1 Å². The Labute approximate surface area is 412 Å². The molecule has 0 radical (unpaired) electrons. The molecule has 0 aromatic heterocycles. The zero-order valence-electron chi connectivity index (χ0n) is 45.3. The number of unbranched alkanes of at least 4 members (excludes halogenated alkanes) is 39. The van der Waals surface area contributed by atoms with E-state index in [4.69, 9.17) is 14.2 Å². The van der Waals surface area contributed by atoms with E-state index in [1.165, 1.54) is 225 Å². The lowest BCUT2D eigenvalue weighted by atomic mass is 10.0. The van der Waals surface area contributed by atoms with E-state index in [-0.39, 0.29) is 31.1 Å². The van der Waals surface area contributed by atoms with E-state index < -0.39 is 6.10 Å². The molecule has 0 N–H and O–H groups in total. The molecule has 0 aliphatic heterocycles. The zero-order chi connectivity index (χ0) is 48.2. The van der Waals surface area contributed by atoms with Crippen LogP contribution in [0.4, 0.5) is 0 Å². The molecule has 392 valence electrons. The fourth-order valence-corrected chi connectivity index (χ4v) is 9.23. The molecular formula is C60H116O6. The van der Waals surface area contributed by atoms with Gasteiger partial charge in [0.1, 0.15) is 13.2 Å². The number of hydrogen-bond acceptors (Lipinski definition) is 6. The van der Waals surface area contributed by atoms with Gasteiger partial charge in [-0.1, -0.05) is 298 Å². The third kappa shape index (κ3) is 53.4. The maximum atomic E-state index is 12.9. The molecule has 0 unspecified atom stereocenters. The maximum Gasteiger partial charge on any atom is 0.306 e. The molecule has 0 rings (SSSR count). The lowest BCUT2D eigenvalue weighted by molar-refractivity contribution is -0.167. The van der Waals surface area contributed by atoms with Crippen molar-refractivity contribution in [1.82, 2.24) is 0 Å². The first-order chi connectivity index (χ1) is 32.2. The topological polar surface area (TPSA) is 78.9 Å². The summed E-state index contributed by atoms with van der Waals surface area (Å²) in [5.74, 6) is 0.847. The quantitative estimate of drug-likeness (QED) is 0.0343. The monoisotopic (exact) mass is 933 g/mol. The number of ether oxygens (including phenoxy) is 3. The summed E-state index contributed by atoms with van der Waals surface area (Å²) in [5, 5.41) is 0. The maximum absolute atomic E-state index is 12.9. The molecule has 0 saturated carbocycles. The first kappa shape index (κ1) is 64.4. The summed E-state index contributed by atoms with van der Waals surface area (Å²) in [4.78, 5) is 38.2. The van der Waals surface area contributed by atoms with Crippen molar-refractivity contribution in [3.8, 4) is 0 Å². The van der Waals surface area contributed by atoms with E-state index in [2.05, 4.69) is 34.6 Å². The molecule has 0 spiro atoms. The molecule has 6 nitrogen and oxygen atoms in total. The van der Waals surface area contributed by atoms with Crippen LogP contribution < -0.4 is 0 Å². The van der Waals surface area contributed by atoms with E-state index in [0.717, 1.165) is 69.6 Å². The summed E-state index contributed by atoms with van der Waals surface area (Å²) < 4.78 is 16.9. The Hall–Kier alpha value is -1.59. The van der Waals surface area contributed by atoms with Crippen molar-refractivity contribution in [2.45, 2.75) is 343 Å². The van der Waals surface area contributed by atoms with Crippen LogP contribution in [-0.2, 0) is 28.6 Å². The van der Waals surface area contributed by atoms with Crippen molar-refractivity contribution in [2.75, 3.05) is 13.2 Å². The van der Waals surface area contributed by atoms with E-state index in [9.17, 15) is 14.4 Å². The Morgan fingerprint density at radius 3 is 0.742 bits per heavy atom. The fraction of sp³-hybridized carbons (Fsp3) is 0.950. The van der Waals surface area contributed by atoms with Gasteiger partial charge in [0.25, 0.3) is 0 Å². The highest BCUT2D eigenvalue weighted by atomic mass is 16.6. The van der Waals surface area contributed by atoms with E-state index in [0.29, 0.717) is 19.3 Å². The molecule has 0 aromatic carbocycles. The predicted octanol–water partition coefficient (Wildman–Crippen LogP) is 19.7. The minimum atomic E-state index is -0.763. The Kier molecular flexibility index (Phi) is 51.5. The van der Waals surface area contributed by atoms with Crippen LogP contribution in [0.5, 0.6) is 0 Å². The lowest BCUT2D eigenvalue weighted by Gasteiger charge is -2.18. The van der Waals surface area contributed by atoms with Gasteiger partial charge in [-0.25, -0.2) is 0 Å². The number of carbonyl (C=O) groups excluding carboxylic acids is 3. The molecule has 66 heavy (non-hydrogen) atoms. The van der Waals surface area contributed by atoms with E-state index in [1.807, 2.05) is 0 Å². The molecule has 0 aliphatic carbocycles. The molecule has 0 aromatic rings. The van der Waals surface area contributed by atoms with Crippen molar-refractivity contribution in [2.24, 2.45) is 11.8 Å². The van der Waals surface area contributed by atoms with Crippen molar-refractivity contribution in [1.29, 1.82) is 0 Å². The van der Waals surface area contributed by atoms with Gasteiger partial charge < -0.3 is 14.2 Å². The fourth-order valence-electron chi connectivity index (χ4n) is 9.23. The minimum Gasteiger partial charge on any atom is -0.462 e. The van der Waals surface area contributed by atoms with Crippen LogP contribution in [0, 0.1) is 11.8 Å². The summed E-state index contributed by atoms with van der Waals surface area (Å²) in [7, 11) is 0. The molecule has 1 atom stereocenters. The van der Waals surface area contributed by atoms with Gasteiger partial charge in [0, 0.05) is 19.3 Å². The molecule has 0 saturated heterocycles. The average molecular weight is 934 g/mol. The number of carbonyl (C=O) groups is 3. The van der Waals surface area contributed by atoms with Crippen LogP contribution in [0.3, 0.4) is 0 Å². The van der Waals surface area contributed by atoms with Crippen LogP contribution in [0.15, 0.2) is 0 Å². The van der Waals surface area contributed by atoms with Gasteiger partial charge in [0.05, 0.1) is 0 Å². The Morgan fingerprint density at radius 1 is 0.288 bits per heavy atom. The van der Waals surface area contributed by atoms with E-state index in [1.54, 1.807) is 0 Å². The summed E-state index contributed by atoms with van der Waals surface area (Å²) in [6.45, 7) is 11.4. The SMILES string of the molecule is CCCCCCCCCCCCCCCCCC(=O)OC[C@@H](COC(=O)CCCCCCCCCCCCCCCC(C)C)OC(=O)CCCCCCCCCCCCCCCCC(C)C. The zero-order valence-corrected chi connectivity index (χ0v) is 45.3. The van der Waals surface area contributed by atoms with Gasteiger partial charge in [-0.15, -0.1) is 0 Å². The van der Waals surface area contributed by atoms with Crippen LogP contribution in [0.1, 0.15) is 336 Å². The minimum absolute atomic E-state index is 0.0623. The van der Waals surface area contributed by atoms with Crippen LogP contribution in [0.25, 0.3) is 0 Å². The predicted molar refractivity (Wildman–Crippen MR) is 284 cm³/mol. The van der Waals surface area contributed by atoms with Gasteiger partial charge in [-0.3, -0.25) is 14.4 Å². The molecule has 0 aliphatic rings. The summed E-state index contributed by atoms with van der Waals surface area (Å²) in [5.41, 5.74) is 0. The van der Waals surface area contributed by atoms with E-state index >= 15 is 0 Å². The first-order valence-electron chi connectivity index (χ1n) is 29.7. The van der Waals surface area contributed by atoms with Crippen LogP contribution >= 0.6 is 0 Å². The van der Waals surface area contributed by atoms with Crippen molar-refractivity contribution in [3.05, 3.63) is 0 Å². The normalized spacial score (nSPS) is 12.0. The summed E-state index contributed by atoms with van der Waals surface area (Å²) in [6, 6.07) is 0. The number of rotatable bonds is 54. The van der Waals surface area contributed by atoms with Gasteiger partial charge in [0.15, 0.2) is 6.10 Å². The molecular weight excluding hydrogens is 817 g/mol. The third-order valence-electron chi connectivity index (χ3n) is 13.7. The van der Waals surface area contributed by atoms with Gasteiger partial charge in [0.2, 0.25) is 0 Å². The number of esters is 3. The summed E-state index contributed by atoms with van der Waals surface area (Å²) in [6.07, 6.45) is 56.6. The standard InChI is InChI=1S/C60H116O6/c1-6-7-8-9-10-11-12-13-14-20-25-30-35-40-45-50-58(61)64-53-57(54-65-59(62)51-46-41-36-31-26-22-17-19-24-29-34-39-44-49-56(4)5)66-60(63)52-47-42-37-32-27-21-16-15-18-23-28-33-38-43-48-55(2)3/h55-57H,6-54H2,1-5H3/t57-/m0/s1. The van der Waals surface area contributed by atoms with Crippen LogP contribution in [-0.4, -0.2) is 37.2 Å². The highest BCUT2D eigenvalue weighted by Crippen LogP contribution is 2.18. The second-order valence-corrected chi connectivity index (χ2v) is 21.6. The van der Waals surface area contributed by atoms with Crippen molar-refractivity contribution >= 4 is 17.9 Å². The van der Waals surface area contributed by atoms with Gasteiger partial charge in [-0.2, -0.15) is 0 Å². The average Bonchev–Trinajstić information content (AvgIpc) is 3.29. The molecule has 6 heteroatoms. The highest BCUT2D eigenvalue weighted by molar-refractivity contribution is 5.71. The van der Waals surface area contributed by atoms with Crippen molar-refractivity contribution < 1.29 is 28.6 Å². The lowest BCUT2D eigenvalue weighted by Crippen LogP contribution is -2.30. The highest BCUT2D eigenvalue weighted by Gasteiger charge is 2.19. The summed E-state index contributed by atoms with van der Waals surface area (Å²) >= 11 is 0. The Morgan fingerprint density at radius 2 is 0.500 bits per heavy atom.